The molecule has 0 radical (unpaired) electrons. The second kappa shape index (κ2) is 5.31. The number of anilines is 1. The summed E-state index contributed by atoms with van der Waals surface area (Å²) in [6.45, 7) is 6.28. The molecule has 2 saturated heterocycles. The Kier molecular flexibility index (Phi) is 3.70. The fraction of sp³-hybridized carbons (Fsp3) is 0.600. The van der Waals surface area contributed by atoms with Crippen LogP contribution in [-0.2, 0) is 0 Å². The quantitative estimate of drug-likeness (QED) is 0.902. The molecule has 0 amide bonds. The van der Waals surface area contributed by atoms with Crippen LogP contribution in [0.3, 0.4) is 0 Å². The van der Waals surface area contributed by atoms with E-state index in [0.29, 0.717) is 6.04 Å². The van der Waals surface area contributed by atoms with Crippen molar-refractivity contribution < 1.29 is 5.11 Å². The van der Waals surface area contributed by atoms with Gasteiger partial charge in [-0.2, -0.15) is 0 Å². The van der Waals surface area contributed by atoms with Crippen molar-refractivity contribution in [3.63, 3.8) is 0 Å². The van der Waals surface area contributed by atoms with Crippen LogP contribution in [0, 0.1) is 0 Å². The van der Waals surface area contributed by atoms with Gasteiger partial charge in [-0.15, -0.1) is 0 Å². The van der Waals surface area contributed by atoms with Gasteiger partial charge in [0.05, 0.1) is 16.8 Å². The first-order chi connectivity index (χ1) is 9.15. The van der Waals surface area contributed by atoms with E-state index >= 15 is 0 Å². The third-order valence-corrected chi connectivity index (χ3v) is 4.68. The highest BCUT2D eigenvalue weighted by molar-refractivity contribution is 6.33. The molecule has 4 heteroatoms. The minimum absolute atomic E-state index is 0.460. The number of fused-ring (bicyclic) bond motifs is 1. The second-order valence-electron chi connectivity index (χ2n) is 5.66. The second-order valence-corrected chi connectivity index (χ2v) is 6.07. The summed E-state index contributed by atoms with van der Waals surface area (Å²) in [7, 11) is 0. The molecule has 0 spiro atoms. The number of hydrogen-bond donors (Lipinski definition) is 1. The van der Waals surface area contributed by atoms with Crippen LogP contribution in [0.15, 0.2) is 18.2 Å². The summed E-state index contributed by atoms with van der Waals surface area (Å²) in [6, 6.07) is 6.62. The van der Waals surface area contributed by atoms with Gasteiger partial charge in [-0.05, 0) is 44.0 Å². The van der Waals surface area contributed by atoms with E-state index in [-0.39, 0.29) is 0 Å². The lowest BCUT2D eigenvalue weighted by Gasteiger charge is -2.39. The molecule has 2 atom stereocenters. The van der Waals surface area contributed by atoms with E-state index in [1.165, 1.54) is 19.4 Å². The number of benzene rings is 1. The molecule has 1 N–H and O–H groups in total. The third kappa shape index (κ3) is 2.60. The van der Waals surface area contributed by atoms with E-state index in [2.05, 4.69) is 15.9 Å². The predicted molar refractivity (Wildman–Crippen MR) is 78.9 cm³/mol. The summed E-state index contributed by atoms with van der Waals surface area (Å²) < 4.78 is 0. The Morgan fingerprint density at radius 2 is 2.16 bits per heavy atom. The smallest absolute Gasteiger partial charge is 0.0762 e. The Labute approximate surface area is 119 Å². The lowest BCUT2D eigenvalue weighted by atomic mass is 10.1. The van der Waals surface area contributed by atoms with Crippen LogP contribution >= 0.6 is 11.6 Å². The highest BCUT2D eigenvalue weighted by Crippen LogP contribution is 2.32. The van der Waals surface area contributed by atoms with E-state index in [9.17, 15) is 5.11 Å². The van der Waals surface area contributed by atoms with Crippen molar-refractivity contribution in [2.45, 2.75) is 31.9 Å². The van der Waals surface area contributed by atoms with Crippen LogP contribution in [0.5, 0.6) is 0 Å². The third-order valence-electron chi connectivity index (χ3n) is 4.38. The lowest BCUT2D eigenvalue weighted by molar-refractivity contribution is 0.199. The summed E-state index contributed by atoms with van der Waals surface area (Å²) in [6.07, 6.45) is 2.17. The number of rotatable bonds is 2. The molecule has 0 saturated carbocycles. The van der Waals surface area contributed by atoms with Gasteiger partial charge in [0.1, 0.15) is 0 Å². The van der Waals surface area contributed by atoms with E-state index in [0.717, 1.165) is 35.9 Å². The van der Waals surface area contributed by atoms with Crippen molar-refractivity contribution in [3.05, 3.63) is 28.8 Å². The first-order valence-corrected chi connectivity index (χ1v) is 7.49. The lowest BCUT2D eigenvalue weighted by Crippen LogP contribution is -2.50. The maximum Gasteiger partial charge on any atom is 0.0762 e. The van der Waals surface area contributed by atoms with Gasteiger partial charge >= 0.3 is 0 Å². The summed E-state index contributed by atoms with van der Waals surface area (Å²) in [5.41, 5.74) is 1.99. The molecule has 0 aromatic heterocycles. The van der Waals surface area contributed by atoms with Crippen LogP contribution in [-0.4, -0.2) is 42.2 Å². The Morgan fingerprint density at radius 1 is 1.32 bits per heavy atom. The largest absolute Gasteiger partial charge is 0.389 e. The minimum Gasteiger partial charge on any atom is -0.389 e. The van der Waals surface area contributed by atoms with E-state index in [1.807, 2.05) is 12.1 Å². The molecule has 2 aliphatic heterocycles. The summed E-state index contributed by atoms with van der Waals surface area (Å²) >= 11 is 6.38. The Balaban J connectivity index is 1.78. The van der Waals surface area contributed by atoms with Crippen molar-refractivity contribution in [1.29, 1.82) is 0 Å². The van der Waals surface area contributed by atoms with Crippen molar-refractivity contribution in [3.8, 4) is 0 Å². The molecule has 0 bridgehead atoms. The average Bonchev–Trinajstić information content (AvgIpc) is 2.85. The number of hydrogen-bond acceptors (Lipinski definition) is 3. The van der Waals surface area contributed by atoms with Crippen molar-refractivity contribution in [2.75, 3.05) is 31.1 Å². The SMILES string of the molecule is C[C@H](O)c1ccc(N2CCN3CCCC3C2)c(Cl)c1. The molecule has 19 heavy (non-hydrogen) atoms. The predicted octanol–water partition coefficient (Wildman–Crippen LogP) is 2.68. The number of piperazine rings is 1. The zero-order valence-electron chi connectivity index (χ0n) is 11.3. The zero-order valence-corrected chi connectivity index (χ0v) is 12.1. The molecule has 1 unspecified atom stereocenters. The zero-order chi connectivity index (χ0) is 13.4. The van der Waals surface area contributed by atoms with E-state index in [1.54, 1.807) is 6.92 Å². The Hall–Kier alpha value is -0.770. The molecule has 1 aromatic carbocycles. The van der Waals surface area contributed by atoms with Crippen LogP contribution in [0.4, 0.5) is 5.69 Å². The van der Waals surface area contributed by atoms with Crippen LogP contribution in [0.25, 0.3) is 0 Å². The number of halogens is 1. The molecule has 1 aromatic rings. The van der Waals surface area contributed by atoms with Gasteiger partial charge in [-0.25, -0.2) is 0 Å². The van der Waals surface area contributed by atoms with Gasteiger partial charge in [0, 0.05) is 25.7 Å². The van der Waals surface area contributed by atoms with Crippen LogP contribution in [0.2, 0.25) is 5.02 Å². The molecule has 2 heterocycles. The molecular formula is C15H21ClN2O. The highest BCUT2D eigenvalue weighted by atomic mass is 35.5. The van der Waals surface area contributed by atoms with Crippen molar-refractivity contribution in [1.82, 2.24) is 4.90 Å². The molecule has 3 nitrogen and oxygen atoms in total. The topological polar surface area (TPSA) is 26.7 Å². The van der Waals surface area contributed by atoms with Crippen molar-refractivity contribution in [2.24, 2.45) is 0 Å². The Bertz CT molecular complexity index is 463. The van der Waals surface area contributed by atoms with Gasteiger partial charge < -0.3 is 10.0 Å². The molecule has 2 aliphatic rings. The summed E-state index contributed by atoms with van der Waals surface area (Å²) in [5, 5.41) is 10.3. The van der Waals surface area contributed by atoms with Gasteiger partial charge in [-0.3, -0.25) is 4.90 Å². The summed E-state index contributed by atoms with van der Waals surface area (Å²) in [4.78, 5) is 4.98. The van der Waals surface area contributed by atoms with Crippen LogP contribution in [0.1, 0.15) is 31.4 Å². The van der Waals surface area contributed by atoms with Crippen LogP contribution < -0.4 is 4.90 Å². The van der Waals surface area contributed by atoms with E-state index in [4.69, 9.17) is 11.6 Å². The molecule has 3 rings (SSSR count). The first kappa shape index (κ1) is 13.2. The molecule has 2 fully saturated rings. The van der Waals surface area contributed by atoms with E-state index < -0.39 is 6.10 Å². The molecular weight excluding hydrogens is 260 g/mol. The first-order valence-electron chi connectivity index (χ1n) is 7.11. The van der Waals surface area contributed by atoms with Gasteiger partial charge in [-0.1, -0.05) is 17.7 Å². The fourth-order valence-corrected chi connectivity index (χ4v) is 3.56. The van der Waals surface area contributed by atoms with Gasteiger partial charge in [0.15, 0.2) is 0 Å². The number of nitrogens with zero attached hydrogens (tertiary/aromatic N) is 2. The number of aliphatic hydroxyl groups excluding tert-OH is 1. The fourth-order valence-electron chi connectivity index (χ4n) is 3.25. The normalized spacial score (nSPS) is 25.4. The van der Waals surface area contributed by atoms with Gasteiger partial charge in [0.25, 0.3) is 0 Å². The average molecular weight is 281 g/mol. The molecule has 104 valence electrons. The monoisotopic (exact) mass is 280 g/mol. The van der Waals surface area contributed by atoms with Gasteiger partial charge in [0.2, 0.25) is 0 Å². The standard InChI is InChI=1S/C15H21ClN2O/c1-11(19)12-4-5-15(14(16)9-12)18-8-7-17-6-2-3-13(17)10-18/h4-5,9,11,13,19H,2-3,6-8,10H2,1H3/t11-,13?/m0/s1. The van der Waals surface area contributed by atoms with Crippen molar-refractivity contribution >= 4 is 17.3 Å². The highest BCUT2D eigenvalue weighted by Gasteiger charge is 2.31. The maximum atomic E-state index is 9.59. The Morgan fingerprint density at radius 3 is 2.89 bits per heavy atom. The summed E-state index contributed by atoms with van der Waals surface area (Å²) in [5.74, 6) is 0. The minimum atomic E-state index is -0.460. The maximum absolute atomic E-state index is 9.59. The number of aliphatic hydroxyl groups is 1. The molecule has 0 aliphatic carbocycles.